The van der Waals surface area contributed by atoms with E-state index in [9.17, 15) is 4.79 Å². The molecule has 32 heavy (non-hydrogen) atoms. The second-order valence-corrected chi connectivity index (χ2v) is 10.4. The predicted molar refractivity (Wildman–Crippen MR) is 134 cm³/mol. The van der Waals surface area contributed by atoms with E-state index in [4.69, 9.17) is 9.47 Å². The zero-order valence-corrected chi connectivity index (χ0v) is 21.1. The molecule has 2 saturated carbocycles. The summed E-state index contributed by atoms with van der Waals surface area (Å²) < 4.78 is 12.0. The lowest BCUT2D eigenvalue weighted by molar-refractivity contribution is 0.0876. The van der Waals surface area contributed by atoms with Gasteiger partial charge in [0.25, 0.3) is 0 Å². The van der Waals surface area contributed by atoms with Crippen LogP contribution in [0.1, 0.15) is 87.6 Å². The van der Waals surface area contributed by atoms with E-state index in [1.807, 2.05) is 20.0 Å². The first-order chi connectivity index (χ1) is 15.4. The summed E-state index contributed by atoms with van der Waals surface area (Å²) in [7, 11) is 1.86. The SMILES string of the molecule is C=C(C)/C(=C\C=C(/C)c1csc(C)c1COC(=O)N(C)C1CCCC1)OC1CCCCC1. The van der Waals surface area contributed by atoms with Crippen LogP contribution in [0, 0.1) is 6.92 Å². The predicted octanol–water partition coefficient (Wildman–Crippen LogP) is 7.78. The van der Waals surface area contributed by atoms with Crippen molar-refractivity contribution in [3.63, 3.8) is 0 Å². The molecule has 0 bridgehead atoms. The van der Waals surface area contributed by atoms with Crippen LogP contribution in [0.2, 0.25) is 0 Å². The summed E-state index contributed by atoms with van der Waals surface area (Å²) in [5.41, 5.74) is 4.31. The van der Waals surface area contributed by atoms with E-state index in [1.165, 1.54) is 37.0 Å². The molecule has 0 atom stereocenters. The quantitative estimate of drug-likeness (QED) is 0.295. The minimum Gasteiger partial charge on any atom is -0.490 e. The number of ether oxygens (including phenoxy) is 2. The van der Waals surface area contributed by atoms with Crippen LogP contribution in [0.3, 0.4) is 0 Å². The standard InChI is InChI=1S/C27H39NO3S/c1-19(2)26(31-23-13-7-6-8-14-23)16-15-20(3)25-18-32-21(4)24(25)17-30-27(29)28(5)22-11-9-10-12-22/h15-16,18,22-23H,1,6-14,17H2,2-5H3/b20-15+,26-16+. The van der Waals surface area contributed by atoms with Crippen molar-refractivity contribution >= 4 is 23.0 Å². The lowest BCUT2D eigenvalue weighted by atomic mass is 9.97. The maximum Gasteiger partial charge on any atom is 0.410 e. The van der Waals surface area contributed by atoms with Gasteiger partial charge in [-0.3, -0.25) is 0 Å². The van der Waals surface area contributed by atoms with Gasteiger partial charge in [-0.05, 0) is 87.5 Å². The Morgan fingerprint density at radius 3 is 2.44 bits per heavy atom. The molecule has 5 heteroatoms. The monoisotopic (exact) mass is 457 g/mol. The first-order valence-corrected chi connectivity index (χ1v) is 12.9. The van der Waals surface area contributed by atoms with Crippen molar-refractivity contribution < 1.29 is 14.3 Å². The van der Waals surface area contributed by atoms with Crippen LogP contribution in [-0.2, 0) is 16.1 Å². The largest absolute Gasteiger partial charge is 0.490 e. The van der Waals surface area contributed by atoms with Crippen LogP contribution in [0.4, 0.5) is 4.79 Å². The van der Waals surface area contributed by atoms with Crippen molar-refractivity contribution in [3.05, 3.63) is 51.4 Å². The van der Waals surface area contributed by atoms with Crippen LogP contribution < -0.4 is 0 Å². The highest BCUT2D eigenvalue weighted by atomic mass is 32.1. The third-order valence-corrected chi connectivity index (χ3v) is 7.73. The number of allylic oxidation sites excluding steroid dienone is 4. The Morgan fingerprint density at radius 2 is 1.78 bits per heavy atom. The van der Waals surface area contributed by atoms with Gasteiger partial charge in [-0.15, -0.1) is 11.3 Å². The number of hydrogen-bond acceptors (Lipinski definition) is 4. The number of amides is 1. The van der Waals surface area contributed by atoms with Gasteiger partial charge in [0.2, 0.25) is 0 Å². The van der Waals surface area contributed by atoms with Crippen LogP contribution in [-0.4, -0.2) is 30.2 Å². The van der Waals surface area contributed by atoms with Crippen LogP contribution >= 0.6 is 11.3 Å². The minimum absolute atomic E-state index is 0.222. The molecule has 0 saturated heterocycles. The van der Waals surface area contributed by atoms with E-state index < -0.39 is 0 Å². The van der Waals surface area contributed by atoms with Gasteiger partial charge >= 0.3 is 6.09 Å². The number of thiophene rings is 1. The van der Waals surface area contributed by atoms with E-state index in [0.29, 0.717) is 18.8 Å². The summed E-state index contributed by atoms with van der Waals surface area (Å²) in [5, 5.41) is 2.15. The molecule has 0 aromatic carbocycles. The summed E-state index contributed by atoms with van der Waals surface area (Å²) in [6.45, 7) is 10.6. The zero-order valence-electron chi connectivity index (χ0n) is 20.2. The second kappa shape index (κ2) is 11.7. The number of nitrogens with zero attached hydrogens (tertiary/aromatic N) is 1. The van der Waals surface area contributed by atoms with Gasteiger partial charge in [0.15, 0.2) is 0 Å². The zero-order chi connectivity index (χ0) is 23.1. The number of hydrogen-bond donors (Lipinski definition) is 0. The maximum absolute atomic E-state index is 12.6. The fraction of sp³-hybridized carbons (Fsp3) is 0.593. The minimum atomic E-state index is -0.222. The average molecular weight is 458 g/mol. The topological polar surface area (TPSA) is 38.8 Å². The van der Waals surface area contributed by atoms with Gasteiger partial charge < -0.3 is 14.4 Å². The Morgan fingerprint density at radius 1 is 1.12 bits per heavy atom. The molecule has 2 aliphatic rings. The van der Waals surface area contributed by atoms with Gasteiger partial charge in [0.05, 0.1) is 6.10 Å². The highest BCUT2D eigenvalue weighted by Crippen LogP contribution is 2.30. The number of rotatable bonds is 8. The lowest BCUT2D eigenvalue weighted by Gasteiger charge is -2.24. The molecule has 0 spiro atoms. The third kappa shape index (κ3) is 6.50. The van der Waals surface area contributed by atoms with Gasteiger partial charge in [-0.25, -0.2) is 4.79 Å². The highest BCUT2D eigenvalue weighted by Gasteiger charge is 2.25. The Labute approximate surface area is 198 Å². The fourth-order valence-electron chi connectivity index (χ4n) is 4.60. The van der Waals surface area contributed by atoms with Crippen LogP contribution in [0.25, 0.3) is 5.57 Å². The summed E-state index contributed by atoms with van der Waals surface area (Å²) in [4.78, 5) is 15.5. The average Bonchev–Trinajstić information content (AvgIpc) is 3.45. The maximum atomic E-state index is 12.6. The van der Waals surface area contributed by atoms with Crippen molar-refractivity contribution in [3.8, 4) is 0 Å². The molecule has 4 nitrogen and oxygen atoms in total. The van der Waals surface area contributed by atoms with Gasteiger partial charge in [-0.1, -0.05) is 31.9 Å². The molecule has 1 aromatic heterocycles. The molecule has 1 aromatic rings. The summed E-state index contributed by atoms with van der Waals surface area (Å²) in [5.74, 6) is 0.870. The van der Waals surface area contributed by atoms with Crippen molar-refractivity contribution in [2.45, 2.75) is 97.3 Å². The lowest BCUT2D eigenvalue weighted by Crippen LogP contribution is -2.35. The normalized spacial score (nSPS) is 18.6. The number of carbonyl (C=O) groups is 1. The second-order valence-electron chi connectivity index (χ2n) is 9.33. The number of aryl methyl sites for hydroxylation is 1. The van der Waals surface area contributed by atoms with Gasteiger partial charge in [0.1, 0.15) is 12.4 Å². The molecule has 1 heterocycles. The van der Waals surface area contributed by atoms with E-state index >= 15 is 0 Å². The first kappa shape index (κ1) is 24.6. The smallest absolute Gasteiger partial charge is 0.410 e. The number of carbonyl (C=O) groups excluding carboxylic acids is 1. The third-order valence-electron chi connectivity index (χ3n) is 6.78. The Balaban J connectivity index is 1.67. The van der Waals surface area contributed by atoms with Crippen LogP contribution in [0.15, 0.2) is 35.4 Å². The van der Waals surface area contributed by atoms with Crippen molar-refractivity contribution in [2.24, 2.45) is 0 Å². The summed E-state index contributed by atoms with van der Waals surface area (Å²) in [6.07, 6.45) is 14.8. The van der Waals surface area contributed by atoms with E-state index in [2.05, 4.69) is 31.9 Å². The fourth-order valence-corrected chi connectivity index (χ4v) is 5.53. The van der Waals surface area contributed by atoms with Crippen molar-refractivity contribution in [1.82, 2.24) is 4.90 Å². The molecule has 0 aliphatic heterocycles. The molecule has 1 amide bonds. The van der Waals surface area contributed by atoms with E-state index in [0.717, 1.165) is 53.7 Å². The summed E-state index contributed by atoms with van der Waals surface area (Å²) >= 11 is 1.70. The molecule has 0 unspecified atom stereocenters. The molecule has 176 valence electrons. The molecule has 0 N–H and O–H groups in total. The van der Waals surface area contributed by atoms with Gasteiger partial charge in [0, 0.05) is 23.5 Å². The summed E-state index contributed by atoms with van der Waals surface area (Å²) in [6, 6.07) is 0.321. The molecule has 3 rings (SSSR count). The highest BCUT2D eigenvalue weighted by molar-refractivity contribution is 7.10. The first-order valence-electron chi connectivity index (χ1n) is 12.0. The molecule has 0 radical (unpaired) electrons. The van der Waals surface area contributed by atoms with Crippen molar-refractivity contribution in [1.29, 1.82) is 0 Å². The Hall–Kier alpha value is -2.01. The molecular weight excluding hydrogens is 418 g/mol. The Bertz CT molecular complexity index is 854. The Kier molecular flexibility index (Phi) is 9.03. The van der Waals surface area contributed by atoms with E-state index in [-0.39, 0.29) is 6.09 Å². The van der Waals surface area contributed by atoms with E-state index in [1.54, 1.807) is 16.2 Å². The van der Waals surface area contributed by atoms with Crippen molar-refractivity contribution in [2.75, 3.05) is 7.05 Å². The van der Waals surface area contributed by atoms with Gasteiger partial charge in [-0.2, -0.15) is 0 Å². The molecule has 2 fully saturated rings. The van der Waals surface area contributed by atoms with Crippen LogP contribution in [0.5, 0.6) is 0 Å². The molecule has 2 aliphatic carbocycles. The molecular formula is C27H39NO3S.